The van der Waals surface area contributed by atoms with Crippen LogP contribution in [0.3, 0.4) is 0 Å². The summed E-state index contributed by atoms with van der Waals surface area (Å²) in [6, 6.07) is 55.6. The zero-order valence-corrected chi connectivity index (χ0v) is 26.8. The van der Waals surface area contributed by atoms with Crippen LogP contribution >= 0.6 is 0 Å². The van der Waals surface area contributed by atoms with E-state index < -0.39 is 6.43 Å². The van der Waals surface area contributed by atoms with Crippen molar-refractivity contribution in [2.24, 2.45) is 0 Å². The molecule has 236 valence electrons. The fourth-order valence-corrected chi connectivity index (χ4v) is 8.15. The number of rotatable bonds is 4. The summed E-state index contributed by atoms with van der Waals surface area (Å²) < 4.78 is 35.6. The SMILES string of the molecule is FC(F)c1c2ccccc2c(-c2ccc3oc4cc(-c5c6ccccc6c(-c6ccccc6)c6ccccc56)ccc4c3c2)c2ccccc12. The first kappa shape index (κ1) is 28.7. The second-order valence-electron chi connectivity index (χ2n) is 12.9. The zero-order chi connectivity index (χ0) is 33.3. The van der Waals surface area contributed by atoms with Crippen LogP contribution in [0.1, 0.15) is 12.0 Å². The van der Waals surface area contributed by atoms with Gasteiger partial charge in [0, 0.05) is 16.3 Å². The average molecular weight is 647 g/mol. The normalized spacial score (nSPS) is 12.0. The number of hydrogen-bond donors (Lipinski definition) is 0. The van der Waals surface area contributed by atoms with E-state index in [2.05, 4.69) is 103 Å². The maximum absolute atomic E-state index is 14.5. The van der Waals surface area contributed by atoms with E-state index in [4.69, 9.17) is 4.42 Å². The Morgan fingerprint density at radius 3 is 1.26 bits per heavy atom. The molecular weight excluding hydrogens is 619 g/mol. The average Bonchev–Trinajstić information content (AvgIpc) is 3.53. The van der Waals surface area contributed by atoms with Gasteiger partial charge in [-0.3, -0.25) is 0 Å². The second kappa shape index (κ2) is 11.1. The molecule has 1 heterocycles. The first-order chi connectivity index (χ1) is 24.7. The topological polar surface area (TPSA) is 13.1 Å². The Balaban J connectivity index is 1.20. The van der Waals surface area contributed by atoms with Crippen LogP contribution in [-0.4, -0.2) is 0 Å². The molecule has 0 saturated carbocycles. The molecule has 1 nitrogen and oxygen atoms in total. The number of benzene rings is 9. The van der Waals surface area contributed by atoms with Crippen molar-refractivity contribution in [1.82, 2.24) is 0 Å². The standard InChI is InChI=1S/C47H28F2O/c48-47(49)46-38-20-10-8-18-36(38)44(37-19-9-11-21-39(37)46)29-23-25-41-40(26-29)31-24-22-30(27-42(31)50-41)45-34-16-6-4-14-32(34)43(28-12-2-1-3-13-28)33-15-5-7-17-35(33)45/h1-27,47H. The van der Waals surface area contributed by atoms with E-state index in [1.165, 1.54) is 38.2 Å². The van der Waals surface area contributed by atoms with Crippen LogP contribution < -0.4 is 0 Å². The van der Waals surface area contributed by atoms with Crippen molar-refractivity contribution < 1.29 is 13.2 Å². The monoisotopic (exact) mass is 646 g/mol. The van der Waals surface area contributed by atoms with Crippen molar-refractivity contribution in [2.45, 2.75) is 6.43 Å². The first-order valence-electron chi connectivity index (χ1n) is 16.8. The van der Waals surface area contributed by atoms with Crippen LogP contribution in [0.5, 0.6) is 0 Å². The van der Waals surface area contributed by atoms with Crippen molar-refractivity contribution in [3.05, 3.63) is 169 Å². The van der Waals surface area contributed by atoms with Gasteiger partial charge < -0.3 is 4.42 Å². The van der Waals surface area contributed by atoms with Gasteiger partial charge in [-0.25, -0.2) is 8.78 Å². The van der Waals surface area contributed by atoms with Crippen molar-refractivity contribution in [2.75, 3.05) is 0 Å². The highest BCUT2D eigenvalue weighted by Crippen LogP contribution is 2.46. The van der Waals surface area contributed by atoms with Crippen LogP contribution in [0.15, 0.2) is 168 Å². The maximum atomic E-state index is 14.5. The molecular formula is C47H28F2O. The van der Waals surface area contributed by atoms with E-state index in [1.54, 1.807) is 12.1 Å². The summed E-state index contributed by atoms with van der Waals surface area (Å²) >= 11 is 0. The third-order valence-corrected chi connectivity index (χ3v) is 10.2. The number of furan rings is 1. The van der Waals surface area contributed by atoms with Gasteiger partial charge in [0.1, 0.15) is 11.2 Å². The maximum Gasteiger partial charge on any atom is 0.265 e. The quantitative estimate of drug-likeness (QED) is 0.173. The number of fused-ring (bicyclic) bond motifs is 7. The summed E-state index contributed by atoms with van der Waals surface area (Å²) in [5.74, 6) is 0. The van der Waals surface area contributed by atoms with Crippen LogP contribution in [0, 0.1) is 0 Å². The molecule has 1 aromatic heterocycles. The fourth-order valence-electron chi connectivity index (χ4n) is 8.15. The van der Waals surface area contributed by atoms with Gasteiger partial charge in [-0.15, -0.1) is 0 Å². The molecule has 9 aromatic carbocycles. The Morgan fingerprint density at radius 1 is 0.320 bits per heavy atom. The summed E-state index contributed by atoms with van der Waals surface area (Å²) in [5.41, 5.74) is 8.28. The predicted octanol–water partition coefficient (Wildman–Crippen LogP) is 14.1. The summed E-state index contributed by atoms with van der Waals surface area (Å²) in [7, 11) is 0. The number of alkyl halides is 2. The van der Waals surface area contributed by atoms with Gasteiger partial charge >= 0.3 is 0 Å². The molecule has 0 fully saturated rings. The van der Waals surface area contributed by atoms with E-state index in [0.717, 1.165) is 49.4 Å². The molecule has 0 bridgehead atoms. The van der Waals surface area contributed by atoms with Gasteiger partial charge in [-0.1, -0.05) is 140 Å². The molecule has 10 aromatic rings. The van der Waals surface area contributed by atoms with Crippen molar-refractivity contribution in [3.8, 4) is 33.4 Å². The summed E-state index contributed by atoms with van der Waals surface area (Å²) in [6.45, 7) is 0. The van der Waals surface area contributed by atoms with Gasteiger partial charge in [-0.05, 0) is 101 Å². The zero-order valence-electron chi connectivity index (χ0n) is 26.8. The lowest BCUT2D eigenvalue weighted by molar-refractivity contribution is 0.155. The Labute approximate surface area is 286 Å². The second-order valence-corrected chi connectivity index (χ2v) is 12.9. The third-order valence-electron chi connectivity index (χ3n) is 10.2. The van der Waals surface area contributed by atoms with E-state index >= 15 is 0 Å². The molecule has 0 aliphatic carbocycles. The third kappa shape index (κ3) is 4.23. The van der Waals surface area contributed by atoms with Crippen LogP contribution in [0.4, 0.5) is 8.78 Å². The highest BCUT2D eigenvalue weighted by Gasteiger charge is 2.22. The minimum absolute atomic E-state index is 0.0826. The number of hydrogen-bond acceptors (Lipinski definition) is 1. The minimum atomic E-state index is -2.59. The minimum Gasteiger partial charge on any atom is -0.456 e. The Kier molecular flexibility index (Phi) is 6.37. The summed E-state index contributed by atoms with van der Waals surface area (Å²) in [6.07, 6.45) is -2.59. The van der Waals surface area contributed by atoms with Gasteiger partial charge in [-0.2, -0.15) is 0 Å². The molecule has 0 atom stereocenters. The smallest absolute Gasteiger partial charge is 0.265 e. The molecule has 0 unspecified atom stereocenters. The molecule has 0 aliphatic heterocycles. The van der Waals surface area contributed by atoms with Crippen LogP contribution in [-0.2, 0) is 0 Å². The molecule has 0 spiro atoms. The summed E-state index contributed by atoms with van der Waals surface area (Å²) in [5, 5.41) is 9.58. The predicted molar refractivity (Wildman–Crippen MR) is 205 cm³/mol. The van der Waals surface area contributed by atoms with Gasteiger partial charge in [0.2, 0.25) is 0 Å². The molecule has 0 radical (unpaired) electrons. The lowest BCUT2D eigenvalue weighted by Crippen LogP contribution is -1.94. The van der Waals surface area contributed by atoms with Gasteiger partial charge in [0.05, 0.1) is 0 Å². The summed E-state index contributed by atoms with van der Waals surface area (Å²) in [4.78, 5) is 0. The van der Waals surface area contributed by atoms with E-state index in [9.17, 15) is 8.78 Å². The van der Waals surface area contributed by atoms with Gasteiger partial charge in [0.25, 0.3) is 6.43 Å². The molecule has 0 N–H and O–H groups in total. The lowest BCUT2D eigenvalue weighted by atomic mass is 9.86. The first-order valence-corrected chi connectivity index (χ1v) is 16.8. The molecule has 50 heavy (non-hydrogen) atoms. The lowest BCUT2D eigenvalue weighted by Gasteiger charge is -2.17. The van der Waals surface area contributed by atoms with Gasteiger partial charge in [0.15, 0.2) is 0 Å². The van der Waals surface area contributed by atoms with Crippen LogP contribution in [0.25, 0.3) is 98.4 Å². The highest BCUT2D eigenvalue weighted by molar-refractivity contribution is 6.22. The molecule has 3 heteroatoms. The van der Waals surface area contributed by atoms with E-state index in [0.29, 0.717) is 10.8 Å². The largest absolute Gasteiger partial charge is 0.456 e. The van der Waals surface area contributed by atoms with Crippen molar-refractivity contribution in [3.63, 3.8) is 0 Å². The van der Waals surface area contributed by atoms with Crippen molar-refractivity contribution in [1.29, 1.82) is 0 Å². The molecule has 0 aliphatic rings. The van der Waals surface area contributed by atoms with E-state index in [-0.39, 0.29) is 5.56 Å². The van der Waals surface area contributed by atoms with Crippen molar-refractivity contribution >= 4 is 65.0 Å². The molecule has 0 amide bonds. The Bertz CT molecular complexity index is 2840. The Hall–Kier alpha value is -6.32. The fraction of sp³-hybridized carbons (Fsp3) is 0.0213. The van der Waals surface area contributed by atoms with E-state index in [1.807, 2.05) is 48.5 Å². The van der Waals surface area contributed by atoms with Crippen LogP contribution in [0.2, 0.25) is 0 Å². The Morgan fingerprint density at radius 2 is 0.740 bits per heavy atom. The molecule has 10 rings (SSSR count). The highest BCUT2D eigenvalue weighted by atomic mass is 19.3. The molecule has 0 saturated heterocycles. The number of halogens is 2.